The maximum Gasteiger partial charge on any atom is 0.271 e. The van der Waals surface area contributed by atoms with Crippen LogP contribution in [0.5, 0.6) is 5.75 Å². The Labute approximate surface area is 335 Å². The zero-order valence-corrected chi connectivity index (χ0v) is 32.6. The average Bonchev–Trinajstić information content (AvgIpc) is 3.87. The number of aliphatic hydroxyl groups is 1. The topological polar surface area (TPSA) is 165 Å². The van der Waals surface area contributed by atoms with Crippen LogP contribution < -0.4 is 14.5 Å². The molecule has 0 radical (unpaired) electrons. The van der Waals surface area contributed by atoms with E-state index in [1.54, 1.807) is 41.3 Å². The highest BCUT2D eigenvalue weighted by atomic mass is 35.5. The monoisotopic (exact) mass is 805 g/mol. The van der Waals surface area contributed by atoms with Gasteiger partial charge in [0, 0.05) is 40.9 Å². The van der Waals surface area contributed by atoms with Crippen molar-refractivity contribution in [2.45, 2.75) is 32.6 Å². The van der Waals surface area contributed by atoms with Crippen LogP contribution in [-0.2, 0) is 26.2 Å². The summed E-state index contributed by atoms with van der Waals surface area (Å²) in [6.07, 6.45) is 2.31. The molecule has 2 aromatic heterocycles. The number of rotatable bonds is 8. The molecule has 15 heteroatoms. The van der Waals surface area contributed by atoms with Crippen LogP contribution in [0.25, 0.3) is 20.7 Å². The Hall–Kier alpha value is -5.70. The summed E-state index contributed by atoms with van der Waals surface area (Å²) in [4.78, 5) is 72.7. The lowest BCUT2D eigenvalue weighted by molar-refractivity contribution is -0.384. The second kappa shape index (κ2) is 13.5. The lowest BCUT2D eigenvalue weighted by atomic mass is 9.51. The van der Waals surface area contributed by atoms with Gasteiger partial charge in [0.05, 0.1) is 45.3 Å². The Morgan fingerprint density at radius 1 is 1.00 bits per heavy atom. The number of amides is 4. The van der Waals surface area contributed by atoms with Gasteiger partial charge in [0.15, 0.2) is 0 Å². The fourth-order valence-electron chi connectivity index (χ4n) is 9.75. The highest BCUT2D eigenvalue weighted by molar-refractivity contribution is 7.22. The molecule has 290 valence electrons. The number of benzene rings is 3. The van der Waals surface area contributed by atoms with Gasteiger partial charge in [-0.2, -0.15) is 5.10 Å². The fourth-order valence-corrected chi connectivity index (χ4v) is 11.1. The molecule has 6 atom stereocenters. The van der Waals surface area contributed by atoms with E-state index in [9.17, 15) is 29.6 Å². The zero-order chi connectivity index (χ0) is 40.1. The van der Waals surface area contributed by atoms with Crippen molar-refractivity contribution in [1.82, 2.24) is 9.78 Å². The SMILES string of the molecule is Cc1c(-c2cc(N3C(=O)C4CC5C(=CCC6C(=O)N(c7cccc([N+](=O)[O-])c7)C(=O)C65)C(c5ccc(OCCO)cc5)C4(C)C3=O)n(C)n2)sc2ccc(Cl)cc12. The Morgan fingerprint density at radius 2 is 1.77 bits per heavy atom. The van der Waals surface area contributed by atoms with Gasteiger partial charge in [0.1, 0.15) is 23.9 Å². The van der Waals surface area contributed by atoms with Crippen LogP contribution in [0.3, 0.4) is 0 Å². The van der Waals surface area contributed by atoms with Gasteiger partial charge in [0.25, 0.3) is 5.69 Å². The molecular weight excluding hydrogens is 770 g/mol. The first-order chi connectivity index (χ1) is 27.3. The number of nitrogens with zero attached hydrogens (tertiary/aromatic N) is 5. The van der Waals surface area contributed by atoms with Crippen molar-refractivity contribution in [2.24, 2.45) is 36.1 Å². The summed E-state index contributed by atoms with van der Waals surface area (Å²) < 4.78 is 8.21. The van der Waals surface area contributed by atoms with Gasteiger partial charge >= 0.3 is 0 Å². The minimum Gasteiger partial charge on any atom is -0.491 e. The van der Waals surface area contributed by atoms with Crippen molar-refractivity contribution >= 4 is 73.8 Å². The van der Waals surface area contributed by atoms with E-state index < -0.39 is 63.6 Å². The quantitative estimate of drug-likeness (QED) is 0.0754. The molecule has 2 aliphatic heterocycles. The zero-order valence-electron chi connectivity index (χ0n) is 31.0. The third-order valence-electron chi connectivity index (χ3n) is 12.4. The molecule has 9 rings (SSSR count). The first-order valence-electron chi connectivity index (χ1n) is 18.6. The number of aryl methyl sites for hydroxylation is 2. The molecule has 4 heterocycles. The van der Waals surface area contributed by atoms with E-state index in [1.807, 2.05) is 50.3 Å². The van der Waals surface area contributed by atoms with Crippen molar-refractivity contribution in [3.05, 3.63) is 111 Å². The summed E-state index contributed by atoms with van der Waals surface area (Å²) >= 11 is 7.86. The highest BCUT2D eigenvalue weighted by Crippen LogP contribution is 2.64. The van der Waals surface area contributed by atoms with Crippen LogP contribution in [0.15, 0.2) is 84.4 Å². The number of thiophene rings is 1. The van der Waals surface area contributed by atoms with Gasteiger partial charge in [0.2, 0.25) is 23.6 Å². The standard InChI is InChI=1S/C42H36ClN5O8S/c1-21-29-17-23(43)9-14-33(29)57-37(21)32-20-34(45(3)44-32)47-39(51)31-19-30-27(36(42(31,2)41(47)53)22-7-10-26(11-8-22)56-16-15-49)12-13-28-35(30)40(52)46(38(28)50)24-5-4-6-25(18-24)48(54)55/h4-12,14,17-18,20,28,30-31,35-36,49H,13,15-16,19H2,1-3H3. The number of anilines is 2. The number of nitro groups is 1. The summed E-state index contributed by atoms with van der Waals surface area (Å²) in [5.74, 6) is -4.62. The van der Waals surface area contributed by atoms with E-state index >= 15 is 4.79 Å². The number of carbonyl (C=O) groups excluding carboxylic acids is 4. The molecule has 4 aliphatic rings. The Balaban J connectivity index is 1.13. The number of carbonyl (C=O) groups is 4. The minimum absolute atomic E-state index is 0.0967. The maximum atomic E-state index is 15.1. The maximum absolute atomic E-state index is 15.1. The number of imide groups is 2. The van der Waals surface area contributed by atoms with Crippen molar-refractivity contribution in [1.29, 1.82) is 0 Å². The van der Waals surface area contributed by atoms with Crippen LogP contribution in [0.4, 0.5) is 17.2 Å². The van der Waals surface area contributed by atoms with E-state index in [1.165, 1.54) is 29.2 Å². The summed E-state index contributed by atoms with van der Waals surface area (Å²) in [5.41, 5.74) is 1.69. The molecule has 1 saturated carbocycles. The van der Waals surface area contributed by atoms with Gasteiger partial charge in [-0.15, -0.1) is 11.3 Å². The third kappa shape index (κ3) is 5.48. The molecule has 6 unspecified atom stereocenters. The Kier molecular flexibility index (Phi) is 8.72. The van der Waals surface area contributed by atoms with Crippen molar-refractivity contribution in [3.8, 4) is 16.3 Å². The number of hydrogen-bond acceptors (Lipinski definition) is 10. The van der Waals surface area contributed by atoms with E-state index in [4.69, 9.17) is 21.4 Å². The predicted octanol–water partition coefficient (Wildman–Crippen LogP) is 6.98. The third-order valence-corrected chi connectivity index (χ3v) is 13.9. The van der Waals surface area contributed by atoms with Crippen molar-refractivity contribution in [2.75, 3.05) is 23.0 Å². The molecule has 0 spiro atoms. The minimum atomic E-state index is -1.29. The largest absolute Gasteiger partial charge is 0.491 e. The number of aliphatic hydroxyl groups excluding tert-OH is 1. The van der Waals surface area contributed by atoms with Gasteiger partial charge < -0.3 is 9.84 Å². The molecule has 2 saturated heterocycles. The first-order valence-corrected chi connectivity index (χ1v) is 19.8. The predicted molar refractivity (Wildman–Crippen MR) is 213 cm³/mol. The van der Waals surface area contributed by atoms with Gasteiger partial charge in [-0.1, -0.05) is 41.4 Å². The molecule has 13 nitrogen and oxygen atoms in total. The number of aromatic nitrogens is 2. The molecule has 57 heavy (non-hydrogen) atoms. The molecule has 3 fully saturated rings. The summed E-state index contributed by atoms with van der Waals surface area (Å²) in [5, 5.41) is 27.3. The Bertz CT molecular complexity index is 2600. The van der Waals surface area contributed by atoms with Gasteiger partial charge in [-0.05, 0) is 85.5 Å². The number of fused-ring (bicyclic) bond motifs is 5. The van der Waals surface area contributed by atoms with Crippen molar-refractivity contribution < 1.29 is 33.9 Å². The number of allylic oxidation sites excluding steroid dienone is 2. The highest BCUT2D eigenvalue weighted by Gasteiger charge is 2.68. The number of nitro benzene ring substituents is 1. The van der Waals surface area contributed by atoms with Crippen LogP contribution in [0, 0.1) is 46.1 Å². The molecule has 1 N–H and O–H groups in total. The molecule has 3 aromatic carbocycles. The molecule has 4 amide bonds. The van der Waals surface area contributed by atoms with Gasteiger partial charge in [-0.3, -0.25) is 34.0 Å². The Morgan fingerprint density at radius 3 is 2.51 bits per heavy atom. The summed E-state index contributed by atoms with van der Waals surface area (Å²) in [7, 11) is 1.70. The van der Waals surface area contributed by atoms with E-state index in [0.717, 1.165) is 36.6 Å². The van der Waals surface area contributed by atoms with E-state index in [-0.39, 0.29) is 37.4 Å². The number of halogens is 1. The normalized spacial score (nSPS) is 25.5. The second-order valence-electron chi connectivity index (χ2n) is 15.3. The average molecular weight is 806 g/mol. The van der Waals surface area contributed by atoms with E-state index in [2.05, 4.69) is 0 Å². The number of non-ortho nitro benzene ring substituents is 1. The van der Waals surface area contributed by atoms with Crippen LogP contribution in [0.2, 0.25) is 5.02 Å². The summed E-state index contributed by atoms with van der Waals surface area (Å²) in [6, 6.07) is 20.1. The summed E-state index contributed by atoms with van der Waals surface area (Å²) in [6.45, 7) is 3.74. The number of ether oxygens (including phenoxy) is 1. The fraction of sp³-hybridized carbons (Fsp3) is 0.310. The molecular formula is C42H36ClN5O8S. The van der Waals surface area contributed by atoms with Gasteiger partial charge in [-0.25, -0.2) is 9.80 Å². The molecule has 2 aliphatic carbocycles. The van der Waals surface area contributed by atoms with Crippen LogP contribution in [0.1, 0.15) is 36.8 Å². The number of hydrogen-bond donors (Lipinski definition) is 1. The first kappa shape index (κ1) is 36.9. The van der Waals surface area contributed by atoms with Crippen LogP contribution >= 0.6 is 22.9 Å². The van der Waals surface area contributed by atoms with E-state index in [0.29, 0.717) is 22.3 Å². The van der Waals surface area contributed by atoms with Crippen LogP contribution in [-0.4, -0.2) is 56.7 Å². The molecule has 0 bridgehead atoms. The molecule has 5 aromatic rings. The lowest BCUT2D eigenvalue weighted by Crippen LogP contribution is -2.48. The second-order valence-corrected chi connectivity index (χ2v) is 16.8. The lowest BCUT2D eigenvalue weighted by Gasteiger charge is -2.49. The van der Waals surface area contributed by atoms with Crippen molar-refractivity contribution in [3.63, 3.8) is 0 Å². The smallest absolute Gasteiger partial charge is 0.271 e.